The highest BCUT2D eigenvalue weighted by atomic mass is 32.2. The molecule has 0 unspecified atom stereocenters. The van der Waals surface area contributed by atoms with Crippen LogP contribution in [0.25, 0.3) is 0 Å². The lowest BCUT2D eigenvalue weighted by Gasteiger charge is -2.24. The predicted octanol–water partition coefficient (Wildman–Crippen LogP) is 2.79. The molecule has 3 atom stereocenters. The number of carbonyl (C=O) groups is 3. The van der Waals surface area contributed by atoms with Gasteiger partial charge in [-0.05, 0) is 30.0 Å². The lowest BCUT2D eigenvalue weighted by molar-refractivity contribution is -0.145. The van der Waals surface area contributed by atoms with Gasteiger partial charge in [0.15, 0.2) is 0 Å². The van der Waals surface area contributed by atoms with Crippen molar-refractivity contribution in [1.82, 2.24) is 10.6 Å². The molecule has 0 saturated carbocycles. The summed E-state index contributed by atoms with van der Waals surface area (Å²) >= 11 is 0. The zero-order valence-corrected chi connectivity index (χ0v) is 19.8. The summed E-state index contributed by atoms with van der Waals surface area (Å²) in [6.45, 7) is 3.59. The molecule has 2 aromatic carbocycles. The molecule has 0 aliphatic carbocycles. The van der Waals surface area contributed by atoms with Crippen LogP contribution >= 0.6 is 0 Å². The molecule has 0 spiro atoms. The quantitative estimate of drug-likeness (QED) is 0.485. The van der Waals surface area contributed by atoms with Gasteiger partial charge in [-0.1, -0.05) is 62.4 Å². The van der Waals surface area contributed by atoms with Crippen molar-refractivity contribution in [1.29, 1.82) is 0 Å². The van der Waals surface area contributed by atoms with E-state index >= 15 is 0 Å². The predicted molar refractivity (Wildman–Crippen MR) is 125 cm³/mol. The van der Waals surface area contributed by atoms with Gasteiger partial charge in [-0.15, -0.1) is 0 Å². The number of methoxy groups -OCH3 is 1. The molecule has 2 rings (SSSR count). The summed E-state index contributed by atoms with van der Waals surface area (Å²) < 4.78 is 22.5. The third-order valence-corrected chi connectivity index (χ3v) is 6.24. The molecule has 0 aliphatic heterocycles. The molecule has 0 fully saturated rings. The Morgan fingerprint density at radius 3 is 2.12 bits per heavy atom. The summed E-state index contributed by atoms with van der Waals surface area (Å²) in [6.07, 6.45) is -0.629. The van der Waals surface area contributed by atoms with Gasteiger partial charge in [0.2, 0.25) is 5.91 Å². The number of benzene rings is 2. The summed E-state index contributed by atoms with van der Waals surface area (Å²) in [4.78, 5) is 38.0. The highest BCUT2D eigenvalue weighted by Gasteiger charge is 2.30. The van der Waals surface area contributed by atoms with Gasteiger partial charge < -0.3 is 20.1 Å². The Bertz CT molecular complexity index is 936. The number of hydrogen-bond donors (Lipinski definition) is 2. The number of rotatable bonds is 11. The Kier molecular flexibility index (Phi) is 10.6. The van der Waals surface area contributed by atoms with Crippen molar-refractivity contribution < 1.29 is 28.1 Å². The number of amides is 2. The summed E-state index contributed by atoms with van der Waals surface area (Å²) in [7, 11) is -0.119. The Morgan fingerprint density at radius 2 is 1.55 bits per heavy atom. The first-order valence-electron chi connectivity index (χ1n) is 10.6. The highest BCUT2D eigenvalue weighted by molar-refractivity contribution is 7.85. The minimum atomic E-state index is -1.34. The van der Waals surface area contributed by atoms with E-state index in [-0.39, 0.29) is 24.7 Å². The fourth-order valence-corrected chi connectivity index (χ4v) is 4.14. The van der Waals surface area contributed by atoms with Crippen molar-refractivity contribution in [2.75, 3.05) is 12.9 Å². The van der Waals surface area contributed by atoms with E-state index in [2.05, 4.69) is 10.6 Å². The van der Waals surface area contributed by atoms with Gasteiger partial charge in [-0.2, -0.15) is 0 Å². The molecule has 2 amide bonds. The molecule has 9 heteroatoms. The van der Waals surface area contributed by atoms with Gasteiger partial charge >= 0.3 is 12.1 Å². The van der Waals surface area contributed by atoms with E-state index in [9.17, 15) is 18.6 Å². The van der Waals surface area contributed by atoms with Crippen molar-refractivity contribution in [3.05, 3.63) is 66.2 Å². The Hall–Kier alpha value is -3.20. The van der Waals surface area contributed by atoms with Crippen molar-refractivity contribution in [2.45, 2.75) is 43.9 Å². The Morgan fingerprint density at radius 1 is 0.939 bits per heavy atom. The van der Waals surface area contributed by atoms with Crippen LogP contribution in [0.3, 0.4) is 0 Å². The number of carbonyl (C=O) groups excluding carboxylic acids is 3. The SMILES string of the molecule is COC(=O)[C@@H](CC[S@@](=O)c1ccccc1)NC(=O)[C@H](NC(=O)OCc1ccccc1)C(C)C. The molecule has 0 aliphatic rings. The summed E-state index contributed by atoms with van der Waals surface area (Å²) in [5, 5.41) is 5.17. The van der Waals surface area contributed by atoms with Crippen molar-refractivity contribution in [2.24, 2.45) is 5.92 Å². The van der Waals surface area contributed by atoms with E-state index in [1.165, 1.54) is 7.11 Å². The number of nitrogens with one attached hydrogen (secondary N) is 2. The largest absolute Gasteiger partial charge is 0.467 e. The van der Waals surface area contributed by atoms with E-state index in [4.69, 9.17) is 9.47 Å². The maximum atomic E-state index is 12.9. The van der Waals surface area contributed by atoms with Crippen LogP contribution in [0.15, 0.2) is 65.6 Å². The van der Waals surface area contributed by atoms with E-state index in [1.54, 1.807) is 38.1 Å². The molecule has 178 valence electrons. The number of ether oxygens (including phenoxy) is 2. The smallest absolute Gasteiger partial charge is 0.408 e. The van der Waals surface area contributed by atoms with Gasteiger partial charge in [-0.3, -0.25) is 9.00 Å². The third kappa shape index (κ3) is 8.69. The summed E-state index contributed by atoms with van der Waals surface area (Å²) in [6, 6.07) is 16.1. The Labute approximate surface area is 196 Å². The van der Waals surface area contributed by atoms with Crippen molar-refractivity contribution >= 4 is 28.8 Å². The molecule has 8 nitrogen and oxygen atoms in total. The van der Waals surface area contributed by atoms with Crippen molar-refractivity contribution in [3.8, 4) is 0 Å². The van der Waals surface area contributed by atoms with Crippen LogP contribution in [-0.2, 0) is 36.5 Å². The maximum absolute atomic E-state index is 12.9. The first-order valence-corrected chi connectivity index (χ1v) is 11.9. The van der Waals surface area contributed by atoms with Crippen LogP contribution in [-0.4, -0.2) is 47.1 Å². The lowest BCUT2D eigenvalue weighted by Crippen LogP contribution is -2.54. The van der Waals surface area contributed by atoms with E-state index in [0.717, 1.165) is 5.56 Å². The van der Waals surface area contributed by atoms with E-state index in [1.807, 2.05) is 36.4 Å². The monoisotopic (exact) mass is 474 g/mol. The molecule has 0 bridgehead atoms. The van der Waals surface area contributed by atoms with Gasteiger partial charge in [0.25, 0.3) is 0 Å². The number of esters is 1. The average molecular weight is 475 g/mol. The second-order valence-electron chi connectivity index (χ2n) is 7.66. The first-order chi connectivity index (χ1) is 15.8. The zero-order chi connectivity index (χ0) is 24.2. The minimum absolute atomic E-state index is 0.0647. The zero-order valence-electron chi connectivity index (χ0n) is 19.0. The molecule has 0 aromatic heterocycles. The second-order valence-corrected chi connectivity index (χ2v) is 9.23. The van der Waals surface area contributed by atoms with Gasteiger partial charge in [0, 0.05) is 10.6 Å². The fraction of sp³-hybridized carbons (Fsp3) is 0.375. The van der Waals surface area contributed by atoms with E-state index in [0.29, 0.717) is 4.90 Å². The van der Waals surface area contributed by atoms with Crippen LogP contribution in [0.5, 0.6) is 0 Å². The van der Waals surface area contributed by atoms with Crippen molar-refractivity contribution in [3.63, 3.8) is 0 Å². The van der Waals surface area contributed by atoms with Gasteiger partial charge in [0.05, 0.1) is 17.9 Å². The normalized spacial score (nSPS) is 13.5. The highest BCUT2D eigenvalue weighted by Crippen LogP contribution is 2.10. The fourth-order valence-electron chi connectivity index (χ4n) is 2.99. The van der Waals surface area contributed by atoms with Crippen LogP contribution in [0.4, 0.5) is 4.79 Å². The number of alkyl carbamates (subject to hydrolysis) is 1. The molecule has 33 heavy (non-hydrogen) atoms. The molecule has 0 radical (unpaired) electrons. The van der Waals surface area contributed by atoms with Gasteiger partial charge in [0.1, 0.15) is 18.7 Å². The number of hydrogen-bond acceptors (Lipinski definition) is 6. The Balaban J connectivity index is 1.96. The lowest BCUT2D eigenvalue weighted by atomic mass is 10.0. The molecule has 0 heterocycles. The van der Waals surface area contributed by atoms with Gasteiger partial charge in [-0.25, -0.2) is 9.59 Å². The maximum Gasteiger partial charge on any atom is 0.408 e. The molecule has 2 N–H and O–H groups in total. The van der Waals surface area contributed by atoms with Crippen LogP contribution in [0.1, 0.15) is 25.8 Å². The third-order valence-electron chi connectivity index (χ3n) is 4.84. The topological polar surface area (TPSA) is 111 Å². The van der Waals surface area contributed by atoms with Crippen LogP contribution < -0.4 is 10.6 Å². The average Bonchev–Trinajstić information content (AvgIpc) is 2.83. The molecule has 2 aromatic rings. The standard InChI is InChI=1S/C24H30N2O6S/c1-17(2)21(26-24(29)32-16-18-10-6-4-7-11-18)22(27)25-20(23(28)31-3)14-15-33(30)19-12-8-5-9-13-19/h4-13,17,20-21H,14-16H2,1-3H3,(H,25,27)(H,26,29)/t20-,21-,33-/m1/s1. The van der Waals surface area contributed by atoms with Crippen LogP contribution in [0.2, 0.25) is 0 Å². The van der Waals surface area contributed by atoms with E-state index < -0.39 is 40.9 Å². The molecule has 0 saturated heterocycles. The summed E-state index contributed by atoms with van der Waals surface area (Å²) in [5.41, 5.74) is 0.815. The molecular weight excluding hydrogens is 444 g/mol. The first kappa shape index (κ1) is 26.1. The second kappa shape index (κ2) is 13.4. The molecular formula is C24H30N2O6S. The summed E-state index contributed by atoms with van der Waals surface area (Å²) in [5.74, 6) is -1.32. The van der Waals surface area contributed by atoms with Crippen LogP contribution in [0, 0.1) is 5.92 Å². The minimum Gasteiger partial charge on any atom is -0.467 e.